The summed E-state index contributed by atoms with van der Waals surface area (Å²) in [5.41, 5.74) is 0.722. The third kappa shape index (κ3) is 3.28. The van der Waals surface area contributed by atoms with E-state index < -0.39 is 18.4 Å². The second kappa shape index (κ2) is 5.68. The first-order valence-electron chi connectivity index (χ1n) is 6.79. The summed E-state index contributed by atoms with van der Waals surface area (Å²) in [5.74, 6) is 0.635. The molecule has 0 spiro atoms. The van der Waals surface area contributed by atoms with Crippen LogP contribution in [0.5, 0.6) is 11.5 Å². The highest BCUT2D eigenvalue weighted by atomic mass is 32.1. The van der Waals surface area contributed by atoms with Gasteiger partial charge in [-0.15, -0.1) is 11.3 Å². The molecule has 8 heteroatoms. The summed E-state index contributed by atoms with van der Waals surface area (Å²) in [4.78, 5) is 4.43. The number of hydrogen-bond donors (Lipinski definition) is 0. The Bertz CT molecular complexity index is 710. The summed E-state index contributed by atoms with van der Waals surface area (Å²) in [6.07, 6.45) is -4.39. The van der Waals surface area contributed by atoms with Crippen molar-refractivity contribution in [2.75, 3.05) is 20.3 Å². The number of aromatic nitrogens is 1. The number of ether oxygens (including phenoxy) is 3. The molecule has 23 heavy (non-hydrogen) atoms. The summed E-state index contributed by atoms with van der Waals surface area (Å²) in [6.45, 7) is 0.929. The molecule has 3 rings (SSSR count). The molecule has 1 atom stereocenters. The van der Waals surface area contributed by atoms with Gasteiger partial charge < -0.3 is 14.2 Å². The lowest BCUT2D eigenvalue weighted by Crippen LogP contribution is -2.19. The monoisotopic (exact) mass is 345 g/mol. The van der Waals surface area contributed by atoms with Crippen LogP contribution in [0.3, 0.4) is 0 Å². The van der Waals surface area contributed by atoms with Gasteiger partial charge in [-0.05, 0) is 25.1 Å². The molecular weight excluding hydrogens is 331 g/mol. The van der Waals surface area contributed by atoms with Crippen molar-refractivity contribution in [2.24, 2.45) is 0 Å². The van der Waals surface area contributed by atoms with Crippen LogP contribution in [-0.2, 0) is 10.3 Å². The molecule has 1 fully saturated rings. The molecule has 1 aromatic heterocycles. The summed E-state index contributed by atoms with van der Waals surface area (Å²) in [5, 5.41) is 2.65. The van der Waals surface area contributed by atoms with Gasteiger partial charge in [-0.25, -0.2) is 4.98 Å². The Kier molecular flexibility index (Phi) is 3.97. The number of nitrogens with zero attached hydrogens (tertiary/aromatic N) is 1. The van der Waals surface area contributed by atoms with E-state index in [1.807, 2.05) is 12.3 Å². The largest absolute Gasteiger partial charge is 0.496 e. The van der Waals surface area contributed by atoms with Crippen molar-refractivity contribution in [3.8, 4) is 11.5 Å². The van der Waals surface area contributed by atoms with Gasteiger partial charge in [0, 0.05) is 16.6 Å². The second-order valence-corrected chi connectivity index (χ2v) is 6.03. The molecule has 0 N–H and O–H groups in total. The fourth-order valence-corrected chi connectivity index (χ4v) is 3.21. The van der Waals surface area contributed by atoms with Crippen LogP contribution >= 0.6 is 11.3 Å². The number of thiazole rings is 1. The van der Waals surface area contributed by atoms with Crippen LogP contribution in [0, 0.1) is 6.92 Å². The molecule has 1 aromatic carbocycles. The Labute approximate surface area is 134 Å². The van der Waals surface area contributed by atoms with Crippen LogP contribution in [0.15, 0.2) is 23.6 Å². The average Bonchev–Trinajstić information content (AvgIpc) is 3.20. The number of aryl methyl sites for hydroxylation is 1. The lowest BCUT2D eigenvalue weighted by molar-refractivity contribution is -0.153. The Morgan fingerprint density at radius 2 is 2.13 bits per heavy atom. The van der Waals surface area contributed by atoms with Crippen molar-refractivity contribution in [1.82, 2.24) is 4.98 Å². The standard InChI is InChI=1S/C15H14F3NO3S/c1-9-6-23-13(19-9)14(7-22-14)11-5-10(3-4-12(11)20-2)21-8-15(16,17)18/h3-6H,7-8H2,1-2H3. The maximum Gasteiger partial charge on any atom is 0.422 e. The zero-order chi connectivity index (χ0) is 16.7. The van der Waals surface area contributed by atoms with Crippen molar-refractivity contribution in [3.05, 3.63) is 39.8 Å². The van der Waals surface area contributed by atoms with Crippen molar-refractivity contribution in [1.29, 1.82) is 0 Å². The Morgan fingerprint density at radius 3 is 2.65 bits per heavy atom. The van der Waals surface area contributed by atoms with Crippen LogP contribution < -0.4 is 9.47 Å². The van der Waals surface area contributed by atoms with Gasteiger partial charge in [-0.3, -0.25) is 0 Å². The van der Waals surface area contributed by atoms with E-state index in [4.69, 9.17) is 14.2 Å². The van der Waals surface area contributed by atoms with Crippen LogP contribution in [0.2, 0.25) is 0 Å². The quantitative estimate of drug-likeness (QED) is 0.776. The third-order valence-electron chi connectivity index (χ3n) is 3.41. The predicted octanol–water partition coefficient (Wildman–Crippen LogP) is 3.68. The molecule has 0 saturated carbocycles. The van der Waals surface area contributed by atoms with E-state index in [2.05, 4.69) is 4.98 Å². The summed E-state index contributed by atoms with van der Waals surface area (Å²) in [7, 11) is 1.50. The molecule has 0 amide bonds. The average molecular weight is 345 g/mol. The number of epoxide rings is 1. The van der Waals surface area contributed by atoms with Crippen LogP contribution in [0.4, 0.5) is 13.2 Å². The Balaban J connectivity index is 1.94. The molecule has 1 unspecified atom stereocenters. The van der Waals surface area contributed by atoms with Crippen molar-refractivity contribution in [2.45, 2.75) is 18.7 Å². The highest BCUT2D eigenvalue weighted by Gasteiger charge is 2.53. The number of methoxy groups -OCH3 is 1. The predicted molar refractivity (Wildman–Crippen MR) is 78.1 cm³/mol. The van der Waals surface area contributed by atoms with Crippen molar-refractivity contribution >= 4 is 11.3 Å². The zero-order valence-corrected chi connectivity index (χ0v) is 13.3. The van der Waals surface area contributed by atoms with E-state index in [0.717, 1.165) is 10.7 Å². The van der Waals surface area contributed by atoms with E-state index >= 15 is 0 Å². The van der Waals surface area contributed by atoms with E-state index in [-0.39, 0.29) is 5.75 Å². The number of hydrogen-bond acceptors (Lipinski definition) is 5. The van der Waals surface area contributed by atoms with Gasteiger partial charge in [0.25, 0.3) is 0 Å². The molecule has 1 saturated heterocycles. The molecule has 1 aliphatic rings. The van der Waals surface area contributed by atoms with E-state index in [0.29, 0.717) is 17.9 Å². The molecule has 0 bridgehead atoms. The maximum absolute atomic E-state index is 12.3. The molecule has 0 aliphatic carbocycles. The van der Waals surface area contributed by atoms with Crippen molar-refractivity contribution in [3.63, 3.8) is 0 Å². The van der Waals surface area contributed by atoms with E-state index in [1.54, 1.807) is 6.07 Å². The van der Waals surface area contributed by atoms with E-state index in [1.165, 1.54) is 30.6 Å². The second-order valence-electron chi connectivity index (χ2n) is 5.18. The van der Waals surface area contributed by atoms with Crippen LogP contribution in [0.1, 0.15) is 16.3 Å². The first-order valence-corrected chi connectivity index (χ1v) is 7.67. The summed E-state index contributed by atoms with van der Waals surface area (Å²) < 4.78 is 52.7. The molecule has 2 aromatic rings. The minimum Gasteiger partial charge on any atom is -0.496 e. The van der Waals surface area contributed by atoms with Gasteiger partial charge >= 0.3 is 6.18 Å². The Morgan fingerprint density at radius 1 is 1.39 bits per heavy atom. The fraction of sp³-hybridized carbons (Fsp3) is 0.400. The number of alkyl halides is 3. The highest BCUT2D eigenvalue weighted by molar-refractivity contribution is 7.09. The third-order valence-corrected chi connectivity index (χ3v) is 4.51. The van der Waals surface area contributed by atoms with Gasteiger partial charge in [-0.2, -0.15) is 13.2 Å². The lowest BCUT2D eigenvalue weighted by atomic mass is 9.99. The maximum atomic E-state index is 12.3. The van der Waals surface area contributed by atoms with Gasteiger partial charge in [0.15, 0.2) is 12.2 Å². The van der Waals surface area contributed by atoms with Crippen LogP contribution in [0.25, 0.3) is 0 Å². The highest BCUT2D eigenvalue weighted by Crippen LogP contribution is 2.50. The summed E-state index contributed by atoms with van der Waals surface area (Å²) in [6, 6.07) is 4.54. The lowest BCUT2D eigenvalue weighted by Gasteiger charge is -2.16. The van der Waals surface area contributed by atoms with Gasteiger partial charge in [-0.1, -0.05) is 0 Å². The smallest absolute Gasteiger partial charge is 0.422 e. The van der Waals surface area contributed by atoms with E-state index in [9.17, 15) is 13.2 Å². The first kappa shape index (κ1) is 16.1. The SMILES string of the molecule is COc1ccc(OCC(F)(F)F)cc1C1(c2nc(C)cs2)CO1. The topological polar surface area (TPSA) is 43.9 Å². The minimum atomic E-state index is -4.39. The van der Waals surface area contributed by atoms with Gasteiger partial charge in [0.05, 0.1) is 13.7 Å². The molecule has 0 radical (unpaired) electrons. The number of benzene rings is 1. The molecule has 1 aliphatic heterocycles. The zero-order valence-electron chi connectivity index (χ0n) is 12.4. The number of rotatable bonds is 5. The minimum absolute atomic E-state index is 0.112. The molecular formula is C15H14F3NO3S. The van der Waals surface area contributed by atoms with Crippen molar-refractivity contribution < 1.29 is 27.4 Å². The Hall–Kier alpha value is -1.80. The van der Waals surface area contributed by atoms with Gasteiger partial charge in [0.1, 0.15) is 16.5 Å². The summed E-state index contributed by atoms with van der Waals surface area (Å²) >= 11 is 1.44. The van der Waals surface area contributed by atoms with Gasteiger partial charge in [0.2, 0.25) is 0 Å². The number of halogens is 3. The fourth-order valence-electron chi connectivity index (χ4n) is 2.26. The molecule has 124 valence electrons. The molecule has 2 heterocycles. The first-order chi connectivity index (χ1) is 10.8. The molecule has 4 nitrogen and oxygen atoms in total. The normalized spacial score (nSPS) is 20.4. The van der Waals surface area contributed by atoms with Crippen LogP contribution in [-0.4, -0.2) is 31.5 Å².